The van der Waals surface area contributed by atoms with Gasteiger partial charge in [-0.1, -0.05) is 0 Å². The van der Waals surface area contributed by atoms with Crippen LogP contribution in [0.1, 0.15) is 5.69 Å². The molecule has 2 aromatic rings. The zero-order valence-corrected chi connectivity index (χ0v) is 6.17. The number of imidazole rings is 1. The van der Waals surface area contributed by atoms with E-state index in [1.165, 1.54) is 11.3 Å². The molecule has 0 aliphatic carbocycles. The summed E-state index contributed by atoms with van der Waals surface area (Å²) in [7, 11) is 0. The van der Waals surface area contributed by atoms with Gasteiger partial charge in [-0.3, -0.25) is 4.40 Å². The van der Waals surface area contributed by atoms with Gasteiger partial charge in [0.25, 0.3) is 0 Å². The normalized spacial score (nSPS) is 10.1. The van der Waals surface area contributed by atoms with E-state index in [-0.39, 0.29) is 11.6 Å². The van der Waals surface area contributed by atoms with Gasteiger partial charge in [0, 0.05) is 11.6 Å². The first-order chi connectivity index (χ1) is 5.33. The van der Waals surface area contributed by atoms with E-state index >= 15 is 0 Å². The lowest BCUT2D eigenvalue weighted by atomic mass is 10.5. The van der Waals surface area contributed by atoms with Gasteiger partial charge < -0.3 is 5.11 Å². The number of aromatic hydroxyl groups is 1. The fourth-order valence-electron chi connectivity index (χ4n) is 0.878. The minimum absolute atomic E-state index is 0.195. The highest BCUT2D eigenvalue weighted by Crippen LogP contribution is 2.20. The first-order valence-electron chi connectivity index (χ1n) is 2.87. The van der Waals surface area contributed by atoms with Crippen LogP contribution in [0, 0.1) is 11.3 Å². The van der Waals surface area contributed by atoms with E-state index in [1.54, 1.807) is 10.6 Å². The second kappa shape index (κ2) is 1.97. The smallest absolute Gasteiger partial charge is 0.249 e. The molecule has 2 heterocycles. The predicted octanol–water partition coefficient (Wildman–Crippen LogP) is 0.973. The van der Waals surface area contributed by atoms with E-state index in [9.17, 15) is 0 Å². The first-order valence-corrected chi connectivity index (χ1v) is 3.75. The summed E-state index contributed by atoms with van der Waals surface area (Å²) in [6.45, 7) is 0. The molecule has 0 radical (unpaired) electrons. The zero-order valence-electron chi connectivity index (χ0n) is 5.35. The first kappa shape index (κ1) is 6.19. The Hall–Kier alpha value is -1.54. The van der Waals surface area contributed by atoms with Gasteiger partial charge in [0.15, 0.2) is 10.7 Å². The molecule has 0 aromatic carbocycles. The maximum Gasteiger partial charge on any atom is 0.249 e. The molecule has 0 aliphatic rings. The van der Waals surface area contributed by atoms with Crippen molar-refractivity contribution in [3.63, 3.8) is 0 Å². The number of fused-ring (bicyclic) bond motifs is 1. The second-order valence-corrected chi connectivity index (χ2v) is 2.82. The number of hydrogen-bond acceptors (Lipinski definition) is 4. The topological polar surface area (TPSA) is 61.3 Å². The van der Waals surface area contributed by atoms with Gasteiger partial charge in [0.2, 0.25) is 5.88 Å². The largest absolute Gasteiger partial charge is 0.491 e. The van der Waals surface area contributed by atoms with E-state index < -0.39 is 0 Å². The lowest BCUT2D eigenvalue weighted by Crippen LogP contribution is -1.80. The molecular formula is C6H3N3OS. The molecular weight excluding hydrogens is 162 g/mol. The van der Waals surface area contributed by atoms with Crippen LogP contribution in [0.3, 0.4) is 0 Å². The molecule has 0 atom stereocenters. The van der Waals surface area contributed by atoms with Crippen LogP contribution in [-0.2, 0) is 0 Å². The van der Waals surface area contributed by atoms with Crippen molar-refractivity contribution in [1.82, 2.24) is 9.38 Å². The Morgan fingerprint density at radius 1 is 1.73 bits per heavy atom. The van der Waals surface area contributed by atoms with Crippen LogP contribution >= 0.6 is 11.3 Å². The van der Waals surface area contributed by atoms with Gasteiger partial charge >= 0.3 is 0 Å². The maximum absolute atomic E-state index is 9.08. The van der Waals surface area contributed by atoms with Gasteiger partial charge in [0.1, 0.15) is 6.07 Å². The van der Waals surface area contributed by atoms with Crippen LogP contribution in [0.4, 0.5) is 0 Å². The molecule has 4 nitrogen and oxygen atoms in total. The minimum atomic E-state index is -0.195. The van der Waals surface area contributed by atoms with E-state index in [2.05, 4.69) is 4.98 Å². The number of rotatable bonds is 0. The van der Waals surface area contributed by atoms with Gasteiger partial charge in [-0.05, 0) is 0 Å². The fraction of sp³-hybridized carbons (Fsp3) is 0. The summed E-state index contributed by atoms with van der Waals surface area (Å²) < 4.78 is 1.56. The summed E-state index contributed by atoms with van der Waals surface area (Å²) in [6.07, 6.45) is 1.70. The molecule has 0 saturated heterocycles. The molecule has 0 bridgehead atoms. The highest BCUT2D eigenvalue weighted by atomic mass is 32.1. The Morgan fingerprint density at radius 3 is 3.27 bits per heavy atom. The molecule has 54 valence electrons. The van der Waals surface area contributed by atoms with Crippen LogP contribution in [0.2, 0.25) is 0 Å². The number of hydrogen-bond donors (Lipinski definition) is 1. The molecule has 5 heteroatoms. The quantitative estimate of drug-likeness (QED) is 0.632. The predicted molar refractivity (Wildman–Crippen MR) is 39.4 cm³/mol. The van der Waals surface area contributed by atoms with Crippen molar-refractivity contribution in [3.8, 4) is 11.9 Å². The molecule has 0 amide bonds. The summed E-state index contributed by atoms with van der Waals surface area (Å²) in [6, 6.07) is 1.86. The third-order valence-electron chi connectivity index (χ3n) is 1.35. The maximum atomic E-state index is 9.08. The SMILES string of the molecule is N#Cc1c(O)nc2sccn12. The van der Waals surface area contributed by atoms with Gasteiger partial charge in [-0.2, -0.15) is 10.2 Å². The Balaban J connectivity index is 2.94. The standard InChI is InChI=1S/C6H3N3OS/c7-3-4-5(10)8-6-9(4)1-2-11-6/h1-2,10H. The summed E-state index contributed by atoms with van der Waals surface area (Å²) in [5, 5.41) is 19.4. The molecule has 0 unspecified atom stereocenters. The average Bonchev–Trinajstić information content (AvgIpc) is 2.46. The number of nitriles is 1. The molecule has 11 heavy (non-hydrogen) atoms. The van der Waals surface area contributed by atoms with Gasteiger partial charge in [-0.15, -0.1) is 11.3 Å². The summed E-state index contributed by atoms with van der Waals surface area (Å²) in [4.78, 5) is 4.40. The average molecular weight is 165 g/mol. The molecule has 1 N–H and O–H groups in total. The van der Waals surface area contributed by atoms with Crippen LogP contribution in [0.5, 0.6) is 5.88 Å². The molecule has 2 aromatic heterocycles. The van der Waals surface area contributed by atoms with Crippen LogP contribution in [0.25, 0.3) is 4.96 Å². The zero-order chi connectivity index (χ0) is 7.84. The third kappa shape index (κ3) is 0.700. The minimum Gasteiger partial charge on any atom is -0.491 e. The van der Waals surface area contributed by atoms with Crippen molar-refractivity contribution in [2.75, 3.05) is 0 Å². The van der Waals surface area contributed by atoms with E-state index in [4.69, 9.17) is 10.4 Å². The highest BCUT2D eigenvalue weighted by Gasteiger charge is 2.09. The Kier molecular flexibility index (Phi) is 1.11. The summed E-state index contributed by atoms with van der Waals surface area (Å²) in [5.74, 6) is -0.195. The highest BCUT2D eigenvalue weighted by molar-refractivity contribution is 7.15. The fourth-order valence-corrected chi connectivity index (χ4v) is 1.59. The second-order valence-electron chi connectivity index (χ2n) is 1.95. The van der Waals surface area contributed by atoms with Crippen molar-refractivity contribution < 1.29 is 5.11 Å². The summed E-state index contributed by atoms with van der Waals surface area (Å²) >= 11 is 1.38. The van der Waals surface area contributed by atoms with Crippen molar-refractivity contribution in [2.24, 2.45) is 0 Å². The summed E-state index contributed by atoms with van der Waals surface area (Å²) in [5.41, 5.74) is 0.196. The molecule has 0 fully saturated rings. The van der Waals surface area contributed by atoms with Crippen molar-refractivity contribution in [2.45, 2.75) is 0 Å². The molecule has 0 saturated carbocycles. The number of nitrogens with zero attached hydrogens (tertiary/aromatic N) is 3. The molecule has 0 aliphatic heterocycles. The van der Waals surface area contributed by atoms with Gasteiger partial charge in [0.05, 0.1) is 0 Å². The van der Waals surface area contributed by atoms with Gasteiger partial charge in [-0.25, -0.2) is 0 Å². The van der Waals surface area contributed by atoms with Crippen molar-refractivity contribution in [1.29, 1.82) is 5.26 Å². The lowest BCUT2D eigenvalue weighted by molar-refractivity contribution is 0.455. The van der Waals surface area contributed by atoms with E-state index in [0.717, 1.165) is 0 Å². The molecule has 0 spiro atoms. The number of thiazole rings is 1. The molecule has 2 rings (SSSR count). The Bertz CT molecular complexity index is 436. The van der Waals surface area contributed by atoms with Crippen molar-refractivity contribution in [3.05, 3.63) is 17.3 Å². The van der Waals surface area contributed by atoms with Crippen LogP contribution < -0.4 is 0 Å². The monoisotopic (exact) mass is 165 g/mol. The Morgan fingerprint density at radius 2 is 2.55 bits per heavy atom. The van der Waals surface area contributed by atoms with Crippen LogP contribution in [0.15, 0.2) is 11.6 Å². The number of aromatic nitrogens is 2. The lowest BCUT2D eigenvalue weighted by Gasteiger charge is -1.82. The van der Waals surface area contributed by atoms with E-state index in [0.29, 0.717) is 4.96 Å². The third-order valence-corrected chi connectivity index (χ3v) is 2.11. The van der Waals surface area contributed by atoms with E-state index in [1.807, 2.05) is 11.4 Å². The Labute approximate surface area is 66.0 Å². The van der Waals surface area contributed by atoms with Crippen LogP contribution in [-0.4, -0.2) is 14.5 Å². The van der Waals surface area contributed by atoms with Crippen molar-refractivity contribution >= 4 is 16.3 Å².